The van der Waals surface area contributed by atoms with Crippen LogP contribution in [-0.2, 0) is 16.6 Å². The summed E-state index contributed by atoms with van der Waals surface area (Å²) in [6.45, 7) is 2.73. The first kappa shape index (κ1) is 15.5. The highest BCUT2D eigenvalue weighted by Crippen LogP contribution is 2.15. The van der Waals surface area contributed by atoms with E-state index in [4.69, 9.17) is 0 Å². The van der Waals surface area contributed by atoms with E-state index in [0.717, 1.165) is 17.9 Å². The maximum atomic E-state index is 12.1. The first-order valence-electron chi connectivity index (χ1n) is 5.70. The number of aromatic nitrogens is 2. The van der Waals surface area contributed by atoms with Gasteiger partial charge in [-0.1, -0.05) is 0 Å². The second kappa shape index (κ2) is 7.13. The first-order valence-corrected chi connectivity index (χ1v) is 8.57. The molecule has 0 radical (unpaired) electrons. The predicted octanol–water partition coefficient (Wildman–Crippen LogP) is 0.469. The predicted molar refractivity (Wildman–Crippen MR) is 74.3 cm³/mol. The molecule has 0 amide bonds. The van der Waals surface area contributed by atoms with Crippen molar-refractivity contribution in [2.24, 2.45) is 0 Å². The second-order valence-electron chi connectivity index (χ2n) is 3.91. The highest BCUT2D eigenvalue weighted by atomic mass is 32.2. The zero-order chi connectivity index (χ0) is 13.6. The second-order valence-corrected chi connectivity index (χ2v) is 6.57. The van der Waals surface area contributed by atoms with Gasteiger partial charge in [0.05, 0.1) is 0 Å². The van der Waals surface area contributed by atoms with Gasteiger partial charge >= 0.3 is 0 Å². The van der Waals surface area contributed by atoms with Crippen LogP contribution in [0.25, 0.3) is 0 Å². The van der Waals surface area contributed by atoms with E-state index in [2.05, 4.69) is 20.2 Å². The fourth-order valence-electron chi connectivity index (χ4n) is 1.53. The lowest BCUT2D eigenvalue weighted by Gasteiger charge is -2.06. The lowest BCUT2D eigenvalue weighted by atomic mass is 10.3. The molecule has 0 fully saturated rings. The van der Waals surface area contributed by atoms with Crippen LogP contribution in [0.1, 0.15) is 17.7 Å². The number of aryl methyl sites for hydroxylation is 1. The van der Waals surface area contributed by atoms with Gasteiger partial charge in [-0.05, 0) is 32.4 Å². The molecule has 1 aromatic heterocycles. The summed E-state index contributed by atoms with van der Waals surface area (Å²) in [6, 6.07) is 0. The molecule has 1 rings (SSSR count). The van der Waals surface area contributed by atoms with Crippen LogP contribution in [0.5, 0.6) is 0 Å². The summed E-state index contributed by atoms with van der Waals surface area (Å²) < 4.78 is 26.7. The topological polar surface area (TPSA) is 86.9 Å². The van der Waals surface area contributed by atoms with Crippen LogP contribution in [0.3, 0.4) is 0 Å². The molecule has 0 saturated heterocycles. The van der Waals surface area contributed by atoms with E-state index in [1.165, 1.54) is 0 Å². The number of nitrogens with one attached hydrogen (secondary N) is 3. The summed E-state index contributed by atoms with van der Waals surface area (Å²) in [5.74, 6) is 0.936. The Labute approximate surface area is 112 Å². The van der Waals surface area contributed by atoms with Crippen molar-refractivity contribution in [1.82, 2.24) is 20.2 Å². The molecule has 0 saturated carbocycles. The maximum absolute atomic E-state index is 12.1. The number of sulfonamides is 1. The smallest absolute Gasteiger partial charge is 0.260 e. The van der Waals surface area contributed by atoms with Gasteiger partial charge < -0.3 is 5.32 Å². The number of H-pyrrole nitrogens is 1. The van der Waals surface area contributed by atoms with E-state index in [9.17, 15) is 8.42 Å². The SMILES string of the molecule is CNCc1c(S(=O)(=O)NCCCSC)n[nH]c1C. The quantitative estimate of drug-likeness (QED) is 0.606. The van der Waals surface area contributed by atoms with Gasteiger partial charge in [0, 0.05) is 24.3 Å². The number of aromatic amines is 1. The van der Waals surface area contributed by atoms with Crippen molar-refractivity contribution in [3.8, 4) is 0 Å². The van der Waals surface area contributed by atoms with Crippen molar-refractivity contribution in [2.75, 3.05) is 25.6 Å². The third-order valence-corrected chi connectivity index (χ3v) is 4.59. The van der Waals surface area contributed by atoms with E-state index in [0.29, 0.717) is 18.7 Å². The number of hydrogen-bond acceptors (Lipinski definition) is 5. The minimum atomic E-state index is -3.51. The molecule has 0 aliphatic rings. The molecule has 0 bridgehead atoms. The summed E-state index contributed by atoms with van der Waals surface area (Å²) in [4.78, 5) is 0. The minimum absolute atomic E-state index is 0.0958. The molecule has 0 aromatic carbocycles. The monoisotopic (exact) mass is 292 g/mol. The third kappa shape index (κ3) is 3.98. The average molecular weight is 292 g/mol. The molecule has 8 heteroatoms. The molecule has 6 nitrogen and oxygen atoms in total. The Morgan fingerprint density at radius 1 is 1.44 bits per heavy atom. The Morgan fingerprint density at radius 2 is 2.17 bits per heavy atom. The molecule has 104 valence electrons. The number of nitrogens with zero attached hydrogens (tertiary/aromatic N) is 1. The largest absolute Gasteiger partial charge is 0.316 e. The molecule has 0 atom stereocenters. The molecule has 1 heterocycles. The highest BCUT2D eigenvalue weighted by Gasteiger charge is 2.22. The van der Waals surface area contributed by atoms with E-state index in [1.807, 2.05) is 13.2 Å². The molecule has 0 aliphatic carbocycles. The lowest BCUT2D eigenvalue weighted by Crippen LogP contribution is -2.27. The molecule has 0 unspecified atom stereocenters. The average Bonchev–Trinajstić information content (AvgIpc) is 2.68. The molecular formula is C10H20N4O2S2. The number of thioether (sulfide) groups is 1. The van der Waals surface area contributed by atoms with E-state index >= 15 is 0 Å². The van der Waals surface area contributed by atoms with Gasteiger partial charge in [0.25, 0.3) is 10.0 Å². The summed E-state index contributed by atoms with van der Waals surface area (Å²) in [5, 5.41) is 9.64. The van der Waals surface area contributed by atoms with E-state index in [1.54, 1.807) is 18.8 Å². The van der Waals surface area contributed by atoms with Crippen LogP contribution in [0.2, 0.25) is 0 Å². The van der Waals surface area contributed by atoms with Gasteiger partial charge in [-0.2, -0.15) is 16.9 Å². The van der Waals surface area contributed by atoms with Gasteiger partial charge in [0.15, 0.2) is 5.03 Å². The normalized spacial score (nSPS) is 11.9. The van der Waals surface area contributed by atoms with Crippen LogP contribution in [0, 0.1) is 6.92 Å². The summed E-state index contributed by atoms with van der Waals surface area (Å²) in [5.41, 5.74) is 1.46. The van der Waals surface area contributed by atoms with Crippen LogP contribution in [-0.4, -0.2) is 44.2 Å². The standard InChI is InChI=1S/C10H20N4O2S2/c1-8-9(7-11-2)10(14-13-8)18(15,16)12-5-4-6-17-3/h11-12H,4-7H2,1-3H3,(H,13,14). The summed E-state index contributed by atoms with van der Waals surface area (Å²) in [7, 11) is -1.74. The van der Waals surface area contributed by atoms with Crippen molar-refractivity contribution in [1.29, 1.82) is 0 Å². The molecule has 0 aliphatic heterocycles. The number of hydrogen-bond donors (Lipinski definition) is 3. The molecule has 0 spiro atoms. The van der Waals surface area contributed by atoms with Crippen molar-refractivity contribution in [3.05, 3.63) is 11.3 Å². The van der Waals surface area contributed by atoms with Gasteiger partial charge in [0.2, 0.25) is 0 Å². The fraction of sp³-hybridized carbons (Fsp3) is 0.700. The Bertz CT molecular complexity index is 470. The van der Waals surface area contributed by atoms with Crippen LogP contribution >= 0.6 is 11.8 Å². The molecule has 1 aromatic rings. The van der Waals surface area contributed by atoms with Crippen molar-refractivity contribution < 1.29 is 8.42 Å². The Morgan fingerprint density at radius 3 is 2.78 bits per heavy atom. The zero-order valence-electron chi connectivity index (χ0n) is 10.9. The molecular weight excluding hydrogens is 272 g/mol. The summed E-state index contributed by atoms with van der Waals surface area (Å²) in [6.07, 6.45) is 2.81. The Kier molecular flexibility index (Phi) is 6.13. The Hall–Kier alpha value is -0.570. The Balaban J connectivity index is 2.78. The lowest BCUT2D eigenvalue weighted by molar-refractivity contribution is 0.574. The van der Waals surface area contributed by atoms with Crippen molar-refractivity contribution in [3.63, 3.8) is 0 Å². The van der Waals surface area contributed by atoms with Crippen LogP contribution in [0.4, 0.5) is 0 Å². The van der Waals surface area contributed by atoms with Gasteiger partial charge in [-0.15, -0.1) is 0 Å². The third-order valence-electron chi connectivity index (χ3n) is 2.46. The molecule has 3 N–H and O–H groups in total. The molecule has 18 heavy (non-hydrogen) atoms. The van der Waals surface area contributed by atoms with E-state index in [-0.39, 0.29) is 5.03 Å². The first-order chi connectivity index (χ1) is 8.53. The van der Waals surface area contributed by atoms with Gasteiger partial charge in [-0.25, -0.2) is 13.1 Å². The highest BCUT2D eigenvalue weighted by molar-refractivity contribution is 7.98. The van der Waals surface area contributed by atoms with Crippen molar-refractivity contribution >= 4 is 21.8 Å². The summed E-state index contributed by atoms with van der Waals surface area (Å²) >= 11 is 1.70. The number of rotatable bonds is 8. The van der Waals surface area contributed by atoms with Crippen molar-refractivity contribution in [2.45, 2.75) is 24.9 Å². The van der Waals surface area contributed by atoms with Crippen LogP contribution < -0.4 is 10.0 Å². The minimum Gasteiger partial charge on any atom is -0.316 e. The zero-order valence-corrected chi connectivity index (χ0v) is 12.5. The maximum Gasteiger partial charge on any atom is 0.260 e. The van der Waals surface area contributed by atoms with Gasteiger partial charge in [-0.3, -0.25) is 5.10 Å². The van der Waals surface area contributed by atoms with E-state index < -0.39 is 10.0 Å². The van der Waals surface area contributed by atoms with Gasteiger partial charge in [0.1, 0.15) is 0 Å². The van der Waals surface area contributed by atoms with Crippen LogP contribution in [0.15, 0.2) is 5.03 Å². The fourth-order valence-corrected chi connectivity index (χ4v) is 3.23.